The van der Waals surface area contributed by atoms with Crippen molar-refractivity contribution >= 4 is 0 Å². The lowest BCUT2D eigenvalue weighted by Gasteiger charge is -2.14. The van der Waals surface area contributed by atoms with Gasteiger partial charge in [0.2, 0.25) is 0 Å². The zero-order valence-electron chi connectivity index (χ0n) is 13.8. The molecular weight excluding hydrogens is 308 g/mol. The highest BCUT2D eigenvalue weighted by Gasteiger charge is 2.28. The number of hydrogen-bond acceptors (Lipinski definition) is 2. The molecule has 2 heteroatoms. The Morgan fingerprint density at radius 2 is 1.28 bits per heavy atom. The van der Waals surface area contributed by atoms with Crippen molar-refractivity contribution in [2.45, 2.75) is 6.10 Å². The highest BCUT2D eigenvalue weighted by Crippen LogP contribution is 2.44. The maximum atomic E-state index is 6.12. The predicted octanol–water partition coefficient (Wildman–Crippen LogP) is 4.80. The molecule has 122 valence electrons. The highest BCUT2D eigenvalue weighted by atomic mass is 16.5. The monoisotopic (exact) mass is 326 g/mol. The van der Waals surface area contributed by atoms with Crippen molar-refractivity contribution in [1.29, 1.82) is 0 Å². The number of fused-ring (bicyclic) bond motifs is 3. The van der Waals surface area contributed by atoms with Crippen LogP contribution in [-0.2, 0) is 9.47 Å². The number of hydrogen-bond donors (Lipinski definition) is 0. The van der Waals surface area contributed by atoms with E-state index in [0.717, 1.165) is 5.56 Å². The molecule has 0 bridgehead atoms. The first-order valence-corrected chi connectivity index (χ1v) is 8.41. The first-order chi connectivity index (χ1) is 12.4. The SMILES string of the molecule is C(#Cc1ccccc1)OCCOC1c2ccccc2-c2ccccc21. The molecule has 3 aromatic rings. The van der Waals surface area contributed by atoms with Crippen LogP contribution in [0.3, 0.4) is 0 Å². The van der Waals surface area contributed by atoms with Gasteiger partial charge in [0.25, 0.3) is 0 Å². The van der Waals surface area contributed by atoms with Gasteiger partial charge in [0.05, 0.1) is 6.61 Å². The minimum atomic E-state index is -0.0296. The number of benzene rings is 3. The van der Waals surface area contributed by atoms with Gasteiger partial charge in [-0.2, -0.15) is 0 Å². The van der Waals surface area contributed by atoms with Crippen LogP contribution in [0.2, 0.25) is 0 Å². The van der Waals surface area contributed by atoms with Crippen LogP contribution in [0, 0.1) is 12.0 Å². The second-order valence-corrected chi connectivity index (χ2v) is 5.87. The van der Waals surface area contributed by atoms with E-state index in [4.69, 9.17) is 9.47 Å². The van der Waals surface area contributed by atoms with Gasteiger partial charge in [-0.1, -0.05) is 66.7 Å². The first-order valence-electron chi connectivity index (χ1n) is 8.41. The zero-order valence-corrected chi connectivity index (χ0v) is 13.8. The van der Waals surface area contributed by atoms with Crippen molar-refractivity contribution in [2.75, 3.05) is 13.2 Å². The summed E-state index contributed by atoms with van der Waals surface area (Å²) in [5.41, 5.74) is 5.90. The lowest BCUT2D eigenvalue weighted by Crippen LogP contribution is -2.08. The molecular formula is C23H18O2. The number of ether oxygens (including phenoxy) is 2. The van der Waals surface area contributed by atoms with E-state index >= 15 is 0 Å². The number of rotatable bonds is 4. The van der Waals surface area contributed by atoms with Gasteiger partial charge >= 0.3 is 0 Å². The van der Waals surface area contributed by atoms with Crippen molar-refractivity contribution < 1.29 is 9.47 Å². The maximum absolute atomic E-state index is 6.12. The van der Waals surface area contributed by atoms with Gasteiger partial charge < -0.3 is 9.47 Å². The van der Waals surface area contributed by atoms with Crippen LogP contribution in [0.25, 0.3) is 11.1 Å². The van der Waals surface area contributed by atoms with Gasteiger partial charge in [0, 0.05) is 5.56 Å². The van der Waals surface area contributed by atoms with Crippen LogP contribution < -0.4 is 0 Å². The van der Waals surface area contributed by atoms with Crippen LogP contribution in [-0.4, -0.2) is 13.2 Å². The van der Waals surface area contributed by atoms with Gasteiger partial charge in [0.1, 0.15) is 18.8 Å². The molecule has 0 radical (unpaired) electrons. The Morgan fingerprint density at radius 3 is 1.96 bits per heavy atom. The fourth-order valence-electron chi connectivity index (χ4n) is 3.16. The zero-order chi connectivity index (χ0) is 16.9. The Bertz CT molecular complexity index is 874. The minimum absolute atomic E-state index is 0.0296. The summed E-state index contributed by atoms with van der Waals surface area (Å²) in [6.07, 6.45) is 2.71. The molecule has 0 aliphatic heterocycles. The van der Waals surface area contributed by atoms with Gasteiger partial charge in [-0.3, -0.25) is 0 Å². The molecule has 0 spiro atoms. The molecule has 1 aliphatic rings. The average Bonchev–Trinajstić information content (AvgIpc) is 3.00. The summed E-state index contributed by atoms with van der Waals surface area (Å²) in [5, 5.41) is 0. The van der Waals surface area contributed by atoms with E-state index in [-0.39, 0.29) is 6.10 Å². The summed E-state index contributed by atoms with van der Waals surface area (Å²) in [7, 11) is 0. The fraction of sp³-hybridized carbons (Fsp3) is 0.130. The Hall–Kier alpha value is -3.02. The largest absolute Gasteiger partial charge is 0.444 e. The predicted molar refractivity (Wildman–Crippen MR) is 98.9 cm³/mol. The van der Waals surface area contributed by atoms with Gasteiger partial charge in [-0.15, -0.1) is 0 Å². The van der Waals surface area contributed by atoms with E-state index in [0.29, 0.717) is 13.2 Å². The van der Waals surface area contributed by atoms with Gasteiger partial charge in [0.15, 0.2) is 0 Å². The third-order valence-corrected chi connectivity index (χ3v) is 4.29. The normalized spacial score (nSPS) is 12.0. The third-order valence-electron chi connectivity index (χ3n) is 4.29. The molecule has 0 aromatic heterocycles. The minimum Gasteiger partial charge on any atom is -0.444 e. The topological polar surface area (TPSA) is 18.5 Å². The Balaban J connectivity index is 1.38. The summed E-state index contributed by atoms with van der Waals surface area (Å²) in [5.74, 6) is 2.98. The smallest absolute Gasteiger partial charge is 0.123 e. The fourth-order valence-corrected chi connectivity index (χ4v) is 3.16. The second kappa shape index (κ2) is 7.25. The molecule has 0 saturated heterocycles. The lowest BCUT2D eigenvalue weighted by atomic mass is 10.1. The molecule has 0 atom stereocenters. The van der Waals surface area contributed by atoms with E-state index in [1.807, 2.05) is 30.3 Å². The van der Waals surface area contributed by atoms with Crippen LogP contribution in [0.4, 0.5) is 0 Å². The van der Waals surface area contributed by atoms with Crippen LogP contribution in [0.15, 0.2) is 78.9 Å². The highest BCUT2D eigenvalue weighted by molar-refractivity contribution is 5.78. The standard InChI is InChI=1S/C23H18O2/c1-2-8-18(9-3-1)14-15-24-16-17-25-23-21-12-6-4-10-19(21)20-11-5-7-13-22(20)23/h1-13,23H,16-17H2. The maximum Gasteiger partial charge on any atom is 0.123 e. The summed E-state index contributed by atoms with van der Waals surface area (Å²) in [4.78, 5) is 0. The second-order valence-electron chi connectivity index (χ2n) is 5.87. The van der Waals surface area contributed by atoms with Crippen LogP contribution in [0.5, 0.6) is 0 Å². The summed E-state index contributed by atoms with van der Waals surface area (Å²) >= 11 is 0. The molecule has 1 aliphatic carbocycles. The Morgan fingerprint density at radius 1 is 0.680 bits per heavy atom. The van der Waals surface area contributed by atoms with Crippen molar-refractivity contribution in [3.05, 3.63) is 95.6 Å². The quantitative estimate of drug-likeness (QED) is 0.506. The summed E-state index contributed by atoms with van der Waals surface area (Å²) in [6.45, 7) is 0.942. The van der Waals surface area contributed by atoms with Gasteiger partial charge in [-0.25, -0.2) is 0 Å². The molecule has 0 saturated carbocycles. The molecule has 0 N–H and O–H groups in total. The van der Waals surface area contributed by atoms with E-state index in [2.05, 4.69) is 60.6 Å². The molecule has 0 fully saturated rings. The van der Waals surface area contributed by atoms with Crippen molar-refractivity contribution in [3.8, 4) is 23.2 Å². The molecule has 0 amide bonds. The van der Waals surface area contributed by atoms with Crippen LogP contribution in [0.1, 0.15) is 22.8 Å². The summed E-state index contributed by atoms with van der Waals surface area (Å²) < 4.78 is 11.5. The third kappa shape index (κ3) is 3.28. The average molecular weight is 326 g/mol. The van der Waals surface area contributed by atoms with Crippen LogP contribution >= 0.6 is 0 Å². The van der Waals surface area contributed by atoms with E-state index < -0.39 is 0 Å². The molecule has 2 nitrogen and oxygen atoms in total. The van der Waals surface area contributed by atoms with Crippen molar-refractivity contribution in [2.24, 2.45) is 0 Å². The van der Waals surface area contributed by atoms with Crippen molar-refractivity contribution in [3.63, 3.8) is 0 Å². The van der Waals surface area contributed by atoms with E-state index in [1.54, 1.807) is 0 Å². The molecule has 3 aromatic carbocycles. The lowest BCUT2D eigenvalue weighted by molar-refractivity contribution is 0.0518. The Labute approximate surface area is 148 Å². The Kier molecular flexibility index (Phi) is 4.50. The summed E-state index contributed by atoms with van der Waals surface area (Å²) in [6, 6.07) is 26.6. The molecule has 4 rings (SSSR count). The van der Waals surface area contributed by atoms with E-state index in [9.17, 15) is 0 Å². The molecule has 0 heterocycles. The van der Waals surface area contributed by atoms with Crippen molar-refractivity contribution in [1.82, 2.24) is 0 Å². The molecule has 25 heavy (non-hydrogen) atoms. The van der Waals surface area contributed by atoms with E-state index in [1.165, 1.54) is 22.3 Å². The van der Waals surface area contributed by atoms with Gasteiger partial charge in [-0.05, 0) is 40.3 Å². The molecule has 0 unspecified atom stereocenters. The first kappa shape index (κ1) is 15.5.